The lowest BCUT2D eigenvalue weighted by atomic mass is 10.2. The topological polar surface area (TPSA) is 84.1 Å². The molecule has 2 N–H and O–H groups in total. The number of carbonyl (C=O) groups excluding carboxylic acids is 1. The highest BCUT2D eigenvalue weighted by atomic mass is 16.5. The molecule has 0 aliphatic rings. The number of carbonyl (C=O) groups is 1. The van der Waals surface area contributed by atoms with Crippen molar-refractivity contribution in [2.24, 2.45) is 0 Å². The third kappa shape index (κ3) is 4.32. The number of rotatable bonds is 5. The molecule has 0 unspecified atom stereocenters. The summed E-state index contributed by atoms with van der Waals surface area (Å²) in [6, 6.07) is 16.0. The van der Waals surface area contributed by atoms with E-state index >= 15 is 0 Å². The van der Waals surface area contributed by atoms with Crippen molar-refractivity contribution in [3.63, 3.8) is 0 Å². The Morgan fingerprint density at radius 3 is 2.68 bits per heavy atom. The van der Waals surface area contributed by atoms with Crippen molar-refractivity contribution in [2.75, 3.05) is 5.32 Å². The van der Waals surface area contributed by atoms with E-state index in [4.69, 9.17) is 4.74 Å². The van der Waals surface area contributed by atoms with Crippen molar-refractivity contribution >= 4 is 11.7 Å². The Balaban J connectivity index is 1.68. The van der Waals surface area contributed by atoms with Crippen molar-refractivity contribution < 1.29 is 9.53 Å². The van der Waals surface area contributed by atoms with Gasteiger partial charge in [0.2, 0.25) is 5.43 Å². The highest BCUT2D eigenvalue weighted by molar-refractivity contribution is 6.02. The maximum atomic E-state index is 12.2. The number of pyridine rings is 2. The molecule has 6 nitrogen and oxygen atoms in total. The molecule has 0 fully saturated rings. The van der Waals surface area contributed by atoms with Crippen LogP contribution in [-0.2, 0) is 6.61 Å². The van der Waals surface area contributed by atoms with E-state index < -0.39 is 5.91 Å². The zero-order chi connectivity index (χ0) is 17.6. The minimum absolute atomic E-state index is 0.139. The number of nitrogens with one attached hydrogen (secondary N) is 2. The van der Waals surface area contributed by atoms with Gasteiger partial charge in [0.05, 0.1) is 0 Å². The predicted molar refractivity (Wildman–Crippen MR) is 94.8 cm³/mol. The molecule has 126 valence electrons. The van der Waals surface area contributed by atoms with E-state index in [9.17, 15) is 9.59 Å². The number of H-pyrrole nitrogens is 1. The Kier molecular flexibility index (Phi) is 4.89. The SMILES string of the molecule is Cc1cccc(NC(=O)c2cc(=O)c(OCc3ccccc3)c[nH]2)n1. The highest BCUT2D eigenvalue weighted by Gasteiger charge is 2.11. The first-order valence-electron chi connectivity index (χ1n) is 7.76. The summed E-state index contributed by atoms with van der Waals surface area (Å²) in [4.78, 5) is 31.3. The van der Waals surface area contributed by atoms with Crippen LogP contribution < -0.4 is 15.5 Å². The van der Waals surface area contributed by atoms with E-state index in [1.165, 1.54) is 12.3 Å². The van der Waals surface area contributed by atoms with E-state index in [-0.39, 0.29) is 23.5 Å². The summed E-state index contributed by atoms with van der Waals surface area (Å²) >= 11 is 0. The fourth-order valence-electron chi connectivity index (χ4n) is 2.23. The van der Waals surface area contributed by atoms with Gasteiger partial charge in [-0.2, -0.15) is 0 Å². The zero-order valence-electron chi connectivity index (χ0n) is 13.7. The molecule has 0 aliphatic heterocycles. The maximum Gasteiger partial charge on any atom is 0.273 e. The molecule has 3 aromatic rings. The molecule has 0 bridgehead atoms. The van der Waals surface area contributed by atoms with E-state index in [1.807, 2.05) is 43.3 Å². The van der Waals surface area contributed by atoms with Crippen LogP contribution in [0.4, 0.5) is 5.82 Å². The van der Waals surface area contributed by atoms with Gasteiger partial charge in [-0.1, -0.05) is 36.4 Å². The predicted octanol–water partition coefficient (Wildman–Crippen LogP) is 2.91. The molecule has 0 saturated heterocycles. The number of hydrogen-bond acceptors (Lipinski definition) is 4. The molecular weight excluding hydrogens is 318 g/mol. The summed E-state index contributed by atoms with van der Waals surface area (Å²) in [6.45, 7) is 2.11. The smallest absolute Gasteiger partial charge is 0.273 e. The molecule has 0 radical (unpaired) electrons. The van der Waals surface area contributed by atoms with E-state index in [0.717, 1.165) is 11.3 Å². The Bertz CT molecular complexity index is 936. The minimum atomic E-state index is -0.440. The van der Waals surface area contributed by atoms with Crippen molar-refractivity contribution in [3.05, 3.63) is 88.0 Å². The van der Waals surface area contributed by atoms with Crippen LogP contribution >= 0.6 is 0 Å². The largest absolute Gasteiger partial charge is 0.483 e. The summed E-state index contributed by atoms with van der Waals surface area (Å²) in [7, 11) is 0. The molecule has 25 heavy (non-hydrogen) atoms. The quantitative estimate of drug-likeness (QED) is 0.751. The summed E-state index contributed by atoms with van der Waals surface area (Å²) in [5.74, 6) is 0.147. The van der Waals surface area contributed by atoms with Gasteiger partial charge in [-0.15, -0.1) is 0 Å². The number of aromatic amines is 1. The highest BCUT2D eigenvalue weighted by Crippen LogP contribution is 2.09. The Morgan fingerprint density at radius 2 is 1.96 bits per heavy atom. The molecule has 2 heterocycles. The number of aromatic nitrogens is 2. The van der Waals surface area contributed by atoms with Gasteiger partial charge in [-0.05, 0) is 24.6 Å². The Labute approximate surface area is 144 Å². The molecule has 1 amide bonds. The lowest BCUT2D eigenvalue weighted by molar-refractivity contribution is 0.102. The van der Waals surface area contributed by atoms with Crippen molar-refractivity contribution in [1.29, 1.82) is 0 Å². The summed E-state index contributed by atoms with van der Waals surface area (Å²) < 4.78 is 5.50. The number of amides is 1. The second-order valence-electron chi connectivity index (χ2n) is 5.47. The molecule has 3 rings (SSSR count). The molecule has 2 aromatic heterocycles. The molecule has 0 saturated carbocycles. The van der Waals surface area contributed by atoms with E-state index in [2.05, 4.69) is 15.3 Å². The lowest BCUT2D eigenvalue weighted by Crippen LogP contribution is -2.18. The van der Waals surface area contributed by atoms with E-state index in [1.54, 1.807) is 12.1 Å². The fourth-order valence-corrected chi connectivity index (χ4v) is 2.23. The second kappa shape index (κ2) is 7.44. The Hall–Kier alpha value is -3.41. The van der Waals surface area contributed by atoms with Crippen LogP contribution in [0.1, 0.15) is 21.7 Å². The average molecular weight is 335 g/mol. The van der Waals surface area contributed by atoms with E-state index in [0.29, 0.717) is 5.82 Å². The number of anilines is 1. The van der Waals surface area contributed by atoms with Crippen LogP contribution in [0.25, 0.3) is 0 Å². The van der Waals surface area contributed by atoms with Crippen molar-refractivity contribution in [1.82, 2.24) is 9.97 Å². The molecule has 0 atom stereocenters. The first kappa shape index (κ1) is 16.4. The summed E-state index contributed by atoms with van der Waals surface area (Å²) in [6.07, 6.45) is 1.39. The minimum Gasteiger partial charge on any atom is -0.483 e. The number of ether oxygens (including phenoxy) is 1. The van der Waals surface area contributed by atoms with Crippen LogP contribution in [0.15, 0.2) is 65.6 Å². The molecular formula is C19H17N3O3. The number of benzene rings is 1. The van der Waals surface area contributed by atoms with Crippen molar-refractivity contribution in [3.8, 4) is 5.75 Å². The van der Waals surface area contributed by atoms with Gasteiger partial charge < -0.3 is 15.0 Å². The fraction of sp³-hybridized carbons (Fsp3) is 0.105. The van der Waals surface area contributed by atoms with Gasteiger partial charge in [0.1, 0.15) is 18.1 Å². The van der Waals surface area contributed by atoms with Gasteiger partial charge in [-0.3, -0.25) is 9.59 Å². The average Bonchev–Trinajstić information content (AvgIpc) is 2.61. The lowest BCUT2D eigenvalue weighted by Gasteiger charge is -2.08. The normalized spacial score (nSPS) is 10.3. The third-order valence-corrected chi connectivity index (χ3v) is 3.49. The molecule has 6 heteroatoms. The van der Waals surface area contributed by atoms with Crippen LogP contribution in [0.2, 0.25) is 0 Å². The number of aryl methyl sites for hydroxylation is 1. The third-order valence-electron chi connectivity index (χ3n) is 3.49. The van der Waals surface area contributed by atoms with Crippen molar-refractivity contribution in [2.45, 2.75) is 13.5 Å². The molecule has 1 aromatic carbocycles. The second-order valence-corrected chi connectivity index (χ2v) is 5.47. The van der Waals surface area contributed by atoms with Gasteiger partial charge in [0, 0.05) is 18.0 Å². The van der Waals surface area contributed by atoms with Gasteiger partial charge in [0.25, 0.3) is 5.91 Å². The van der Waals surface area contributed by atoms with Gasteiger partial charge in [-0.25, -0.2) is 4.98 Å². The van der Waals surface area contributed by atoms with Gasteiger partial charge in [0.15, 0.2) is 5.75 Å². The van der Waals surface area contributed by atoms with Crippen LogP contribution in [-0.4, -0.2) is 15.9 Å². The Morgan fingerprint density at radius 1 is 1.16 bits per heavy atom. The maximum absolute atomic E-state index is 12.2. The summed E-state index contributed by atoms with van der Waals surface area (Å²) in [5, 5.41) is 2.64. The number of nitrogens with zero attached hydrogens (tertiary/aromatic N) is 1. The standard InChI is InChI=1S/C19H17N3O3/c1-13-6-5-9-18(21-13)22-19(24)15-10-16(23)17(11-20-15)25-12-14-7-3-2-4-8-14/h2-11H,12H2,1H3,(H,20,23)(H,21,22,24). The summed E-state index contributed by atoms with van der Waals surface area (Å²) in [5.41, 5.74) is 1.52. The van der Waals surface area contributed by atoms with Crippen LogP contribution in [0.3, 0.4) is 0 Å². The first-order chi connectivity index (χ1) is 12.1. The first-order valence-corrected chi connectivity index (χ1v) is 7.76. The molecule has 0 aliphatic carbocycles. The molecule has 0 spiro atoms. The number of hydrogen-bond donors (Lipinski definition) is 2. The van der Waals surface area contributed by atoms with Crippen LogP contribution in [0.5, 0.6) is 5.75 Å². The monoisotopic (exact) mass is 335 g/mol. The van der Waals surface area contributed by atoms with Crippen LogP contribution in [0, 0.1) is 6.92 Å². The van der Waals surface area contributed by atoms with Gasteiger partial charge >= 0.3 is 0 Å². The zero-order valence-corrected chi connectivity index (χ0v) is 13.7.